The monoisotopic (exact) mass is 550 g/mol. The number of rotatable bonds is 4. The molecule has 0 aliphatic heterocycles. The van der Waals surface area contributed by atoms with Crippen molar-refractivity contribution in [2.24, 2.45) is 0 Å². The fourth-order valence-corrected chi connectivity index (χ4v) is 4.34. The SMILES string of the molecule is Cc1ccc(C(C)C)cc1.Cc1ccc(C(C)C)cc1C.Cc1cccc(C(C)C)c1.Cc1ccccc1C(C)C. The Labute approximate surface area is 254 Å². The van der Waals surface area contributed by atoms with E-state index in [-0.39, 0.29) is 0 Å². The summed E-state index contributed by atoms with van der Waals surface area (Å²) in [5, 5.41) is 0. The Morgan fingerprint density at radius 1 is 0.341 bits per heavy atom. The Balaban J connectivity index is 0.000000274. The third-order valence-electron chi connectivity index (χ3n) is 7.46. The predicted molar refractivity (Wildman–Crippen MR) is 186 cm³/mol. The van der Waals surface area contributed by atoms with Gasteiger partial charge < -0.3 is 0 Å². The number of benzene rings is 4. The van der Waals surface area contributed by atoms with Gasteiger partial charge >= 0.3 is 0 Å². The van der Waals surface area contributed by atoms with Gasteiger partial charge in [0.25, 0.3) is 0 Å². The minimum atomic E-state index is 0.647. The van der Waals surface area contributed by atoms with E-state index in [1.165, 1.54) is 50.1 Å². The highest BCUT2D eigenvalue weighted by atomic mass is 14.1. The molecule has 4 aromatic carbocycles. The van der Waals surface area contributed by atoms with Gasteiger partial charge in [0.1, 0.15) is 0 Å². The van der Waals surface area contributed by atoms with Gasteiger partial charge in [-0.3, -0.25) is 0 Å². The molecule has 0 bridgehead atoms. The zero-order valence-electron chi connectivity index (χ0n) is 28.5. The summed E-state index contributed by atoms with van der Waals surface area (Å²) < 4.78 is 0. The Kier molecular flexibility index (Phi) is 16.1. The van der Waals surface area contributed by atoms with Crippen LogP contribution in [0.25, 0.3) is 0 Å². The van der Waals surface area contributed by atoms with Gasteiger partial charge in [-0.15, -0.1) is 0 Å². The van der Waals surface area contributed by atoms with Crippen LogP contribution in [0.15, 0.2) is 91.0 Å². The van der Waals surface area contributed by atoms with Crippen molar-refractivity contribution >= 4 is 0 Å². The van der Waals surface area contributed by atoms with Gasteiger partial charge in [-0.05, 0) is 97.2 Å². The molecule has 0 radical (unpaired) electrons. The second-order valence-electron chi connectivity index (χ2n) is 12.6. The number of hydrogen-bond donors (Lipinski definition) is 0. The molecule has 0 aliphatic rings. The van der Waals surface area contributed by atoms with Gasteiger partial charge in [-0.2, -0.15) is 0 Å². The smallest absolute Gasteiger partial charge is 0.0216 e. The second-order valence-corrected chi connectivity index (χ2v) is 12.6. The van der Waals surface area contributed by atoms with Crippen molar-refractivity contribution in [2.75, 3.05) is 0 Å². The summed E-state index contributed by atoms with van der Waals surface area (Å²) in [6.07, 6.45) is 0. The van der Waals surface area contributed by atoms with Crippen molar-refractivity contribution in [3.8, 4) is 0 Å². The van der Waals surface area contributed by atoms with Gasteiger partial charge in [-0.1, -0.05) is 158 Å². The summed E-state index contributed by atoms with van der Waals surface area (Å²) in [6, 6.07) is 32.6. The molecule has 0 atom stereocenters. The van der Waals surface area contributed by atoms with Gasteiger partial charge in [0.15, 0.2) is 0 Å². The summed E-state index contributed by atoms with van der Waals surface area (Å²) in [5.41, 5.74) is 12.6. The first-order chi connectivity index (χ1) is 19.2. The fourth-order valence-electron chi connectivity index (χ4n) is 4.34. The topological polar surface area (TPSA) is 0 Å². The van der Waals surface area contributed by atoms with Crippen molar-refractivity contribution in [1.29, 1.82) is 0 Å². The lowest BCUT2D eigenvalue weighted by Crippen LogP contribution is -1.89. The highest BCUT2D eigenvalue weighted by Crippen LogP contribution is 2.19. The van der Waals surface area contributed by atoms with E-state index in [2.05, 4.69) is 181 Å². The predicted octanol–water partition coefficient (Wildman–Crippen LogP) is 12.8. The van der Waals surface area contributed by atoms with Gasteiger partial charge in [0.05, 0.1) is 0 Å². The van der Waals surface area contributed by atoms with E-state index >= 15 is 0 Å². The molecular weight excluding hydrogens is 492 g/mol. The highest BCUT2D eigenvalue weighted by molar-refractivity contribution is 5.31. The van der Waals surface area contributed by atoms with Crippen molar-refractivity contribution in [1.82, 2.24) is 0 Å². The molecule has 0 heterocycles. The molecule has 0 unspecified atom stereocenters. The van der Waals surface area contributed by atoms with Gasteiger partial charge in [0, 0.05) is 0 Å². The molecule has 0 aromatic heterocycles. The third-order valence-corrected chi connectivity index (χ3v) is 7.46. The first kappa shape index (κ1) is 35.9. The standard InChI is InChI=1S/C11H16.3C10H14/c1-8(2)11-6-5-9(3)10(4)7-11;1-8(2)10-6-4-9(3)5-7-10;1-8(2)10-6-4-5-9(3)7-10;1-8(2)10-7-5-4-6-9(10)3/h5-8H,1-4H3;3*4-8H,1-3H3. The molecule has 0 fully saturated rings. The summed E-state index contributed by atoms with van der Waals surface area (Å²) in [6.45, 7) is 28.5. The van der Waals surface area contributed by atoms with Crippen LogP contribution in [0.1, 0.15) is 129 Å². The molecular formula is C41H58. The average Bonchev–Trinajstić information content (AvgIpc) is 2.91. The third kappa shape index (κ3) is 13.9. The molecule has 0 N–H and O–H groups in total. The van der Waals surface area contributed by atoms with E-state index in [4.69, 9.17) is 0 Å². The molecule has 4 rings (SSSR count). The molecule has 0 aliphatic carbocycles. The molecule has 0 saturated carbocycles. The van der Waals surface area contributed by atoms with E-state index in [1.54, 1.807) is 0 Å². The Hall–Kier alpha value is -3.12. The second kappa shape index (κ2) is 18.3. The number of hydrogen-bond acceptors (Lipinski definition) is 0. The van der Waals surface area contributed by atoms with Crippen molar-refractivity contribution in [3.05, 3.63) is 141 Å². The van der Waals surface area contributed by atoms with E-state index < -0.39 is 0 Å². The molecule has 0 heteroatoms. The van der Waals surface area contributed by atoms with Crippen molar-refractivity contribution < 1.29 is 0 Å². The van der Waals surface area contributed by atoms with E-state index in [9.17, 15) is 0 Å². The maximum absolute atomic E-state index is 2.28. The van der Waals surface area contributed by atoms with E-state index in [0.717, 1.165) is 0 Å². The first-order valence-corrected chi connectivity index (χ1v) is 15.5. The Bertz CT molecular complexity index is 1270. The Morgan fingerprint density at radius 2 is 0.854 bits per heavy atom. The largest absolute Gasteiger partial charge is 0.0620 e. The molecule has 41 heavy (non-hydrogen) atoms. The highest BCUT2D eigenvalue weighted by Gasteiger charge is 2.00. The van der Waals surface area contributed by atoms with Crippen LogP contribution < -0.4 is 0 Å². The summed E-state index contributed by atoms with van der Waals surface area (Å²) >= 11 is 0. The minimum Gasteiger partial charge on any atom is -0.0620 e. The maximum atomic E-state index is 2.28. The van der Waals surface area contributed by atoms with Gasteiger partial charge in [0.2, 0.25) is 0 Å². The van der Waals surface area contributed by atoms with E-state index in [0.29, 0.717) is 23.7 Å². The molecule has 0 amide bonds. The van der Waals surface area contributed by atoms with Crippen molar-refractivity contribution in [2.45, 2.75) is 114 Å². The summed E-state index contributed by atoms with van der Waals surface area (Å²) in [5.74, 6) is 2.61. The minimum absolute atomic E-state index is 0.647. The van der Waals surface area contributed by atoms with E-state index in [1.807, 2.05) is 0 Å². The molecule has 4 aromatic rings. The van der Waals surface area contributed by atoms with Crippen LogP contribution in [0, 0.1) is 34.6 Å². The zero-order valence-corrected chi connectivity index (χ0v) is 28.5. The summed E-state index contributed by atoms with van der Waals surface area (Å²) in [4.78, 5) is 0. The molecule has 0 saturated heterocycles. The lowest BCUT2D eigenvalue weighted by Gasteiger charge is -2.07. The fraction of sp³-hybridized carbons (Fsp3) is 0.415. The molecule has 222 valence electrons. The van der Waals surface area contributed by atoms with Crippen LogP contribution in [0.4, 0.5) is 0 Å². The quantitative estimate of drug-likeness (QED) is 0.237. The first-order valence-electron chi connectivity index (χ1n) is 15.5. The Morgan fingerprint density at radius 3 is 1.27 bits per heavy atom. The molecule has 0 nitrogen and oxygen atoms in total. The lowest BCUT2D eigenvalue weighted by molar-refractivity contribution is 0.856. The molecule has 0 spiro atoms. The number of aryl methyl sites for hydroxylation is 5. The maximum Gasteiger partial charge on any atom is -0.0216 e. The van der Waals surface area contributed by atoms with Crippen LogP contribution in [0.5, 0.6) is 0 Å². The average molecular weight is 551 g/mol. The van der Waals surface area contributed by atoms with Crippen molar-refractivity contribution in [3.63, 3.8) is 0 Å². The van der Waals surface area contributed by atoms with Gasteiger partial charge in [-0.25, -0.2) is 0 Å². The summed E-state index contributed by atoms with van der Waals surface area (Å²) in [7, 11) is 0. The zero-order chi connectivity index (χ0) is 31.1. The van der Waals surface area contributed by atoms with Crippen LogP contribution in [0.3, 0.4) is 0 Å². The van der Waals surface area contributed by atoms with Crippen LogP contribution >= 0.6 is 0 Å². The van der Waals surface area contributed by atoms with Crippen LogP contribution in [0.2, 0.25) is 0 Å². The lowest BCUT2D eigenvalue weighted by atomic mass is 9.99. The normalized spacial score (nSPS) is 10.5. The van der Waals surface area contributed by atoms with Crippen LogP contribution in [-0.4, -0.2) is 0 Å². The van der Waals surface area contributed by atoms with Crippen LogP contribution in [-0.2, 0) is 0 Å².